The molecule has 0 unspecified atom stereocenters. The van der Waals surface area contributed by atoms with Crippen molar-refractivity contribution in [3.63, 3.8) is 0 Å². The summed E-state index contributed by atoms with van der Waals surface area (Å²) in [7, 11) is 0. The molecule has 2 aromatic rings. The van der Waals surface area contributed by atoms with E-state index in [1.165, 1.54) is 25.7 Å². The number of piperidine rings is 1. The number of nitrogens with zero attached hydrogens (tertiary/aromatic N) is 2. The van der Waals surface area contributed by atoms with Gasteiger partial charge in [-0.2, -0.15) is 0 Å². The first-order valence-electron chi connectivity index (χ1n) is 10.9. The van der Waals surface area contributed by atoms with E-state index >= 15 is 0 Å². The molecule has 0 bridgehead atoms. The van der Waals surface area contributed by atoms with E-state index in [9.17, 15) is 14.4 Å². The largest absolute Gasteiger partial charge is 0.458 e. The van der Waals surface area contributed by atoms with Crippen molar-refractivity contribution in [2.24, 2.45) is 11.8 Å². The van der Waals surface area contributed by atoms with Gasteiger partial charge in [-0.05, 0) is 43.7 Å². The summed E-state index contributed by atoms with van der Waals surface area (Å²) in [5.41, 5.74) is -0.659. The SMILES string of the molecule is C[C@]1(c2cc3ccccc3o2)NC(=O)N(CC(=O)N2CC[C@@H]3CCCC[C@@H]3C2)C1=O. The van der Waals surface area contributed by atoms with Crippen LogP contribution in [0.2, 0.25) is 0 Å². The highest BCUT2D eigenvalue weighted by atomic mass is 16.3. The van der Waals surface area contributed by atoms with E-state index in [2.05, 4.69) is 5.32 Å². The number of carbonyl (C=O) groups is 3. The molecule has 1 N–H and O–H groups in total. The molecule has 1 aliphatic carbocycles. The predicted molar refractivity (Wildman–Crippen MR) is 110 cm³/mol. The van der Waals surface area contributed by atoms with Gasteiger partial charge < -0.3 is 14.6 Å². The summed E-state index contributed by atoms with van der Waals surface area (Å²) < 4.78 is 5.84. The zero-order chi connectivity index (χ0) is 20.9. The second-order valence-electron chi connectivity index (χ2n) is 9.03. The maximum atomic E-state index is 13.2. The number of urea groups is 1. The summed E-state index contributed by atoms with van der Waals surface area (Å²) >= 11 is 0. The molecule has 3 aliphatic rings. The Bertz CT molecular complexity index is 982. The lowest BCUT2D eigenvalue weighted by atomic mass is 9.75. The third-order valence-electron chi connectivity index (χ3n) is 7.13. The first-order valence-corrected chi connectivity index (χ1v) is 10.9. The molecule has 1 aromatic carbocycles. The number of likely N-dealkylation sites (tertiary alicyclic amines) is 1. The molecule has 0 spiro atoms. The molecule has 30 heavy (non-hydrogen) atoms. The Balaban J connectivity index is 1.31. The number of nitrogens with one attached hydrogen (secondary N) is 1. The maximum absolute atomic E-state index is 13.2. The Labute approximate surface area is 175 Å². The van der Waals surface area contributed by atoms with E-state index in [-0.39, 0.29) is 12.5 Å². The van der Waals surface area contributed by atoms with Crippen LogP contribution in [0.15, 0.2) is 34.7 Å². The van der Waals surface area contributed by atoms with Gasteiger partial charge >= 0.3 is 6.03 Å². The molecule has 5 rings (SSSR count). The van der Waals surface area contributed by atoms with Crippen molar-refractivity contribution < 1.29 is 18.8 Å². The summed E-state index contributed by atoms with van der Waals surface area (Å²) in [6, 6.07) is 8.67. The molecule has 1 aromatic heterocycles. The van der Waals surface area contributed by atoms with Gasteiger partial charge in [0.2, 0.25) is 5.91 Å². The Morgan fingerprint density at radius 3 is 2.73 bits per heavy atom. The van der Waals surface area contributed by atoms with Gasteiger partial charge in [-0.25, -0.2) is 4.79 Å². The lowest BCUT2D eigenvalue weighted by Crippen LogP contribution is -2.49. The van der Waals surface area contributed by atoms with Gasteiger partial charge in [-0.1, -0.05) is 37.5 Å². The normalized spacial score (nSPS) is 29.2. The van der Waals surface area contributed by atoms with Gasteiger partial charge in [-0.15, -0.1) is 0 Å². The smallest absolute Gasteiger partial charge is 0.325 e. The minimum absolute atomic E-state index is 0.156. The molecule has 7 heteroatoms. The number of benzene rings is 1. The molecule has 0 radical (unpaired) electrons. The third kappa shape index (κ3) is 3.07. The molecule has 2 saturated heterocycles. The monoisotopic (exact) mass is 409 g/mol. The van der Waals surface area contributed by atoms with Crippen LogP contribution in [-0.2, 0) is 15.1 Å². The molecule has 7 nitrogen and oxygen atoms in total. The Kier molecular flexibility index (Phi) is 4.56. The quantitative estimate of drug-likeness (QED) is 0.789. The van der Waals surface area contributed by atoms with Gasteiger partial charge in [-0.3, -0.25) is 14.5 Å². The van der Waals surface area contributed by atoms with E-state index in [4.69, 9.17) is 4.42 Å². The molecule has 3 atom stereocenters. The van der Waals surface area contributed by atoms with Crippen LogP contribution in [0.1, 0.15) is 44.8 Å². The molecule has 3 fully saturated rings. The Morgan fingerprint density at radius 2 is 1.93 bits per heavy atom. The Hall–Kier alpha value is -2.83. The second-order valence-corrected chi connectivity index (χ2v) is 9.03. The van der Waals surface area contributed by atoms with Gasteiger partial charge in [0.25, 0.3) is 5.91 Å². The minimum Gasteiger partial charge on any atom is -0.458 e. The second kappa shape index (κ2) is 7.15. The molecule has 2 aliphatic heterocycles. The van der Waals surface area contributed by atoms with E-state index in [0.29, 0.717) is 23.8 Å². The Morgan fingerprint density at radius 1 is 1.17 bits per heavy atom. The highest BCUT2D eigenvalue weighted by molar-refractivity contribution is 6.09. The van der Waals surface area contributed by atoms with Crippen LogP contribution >= 0.6 is 0 Å². The lowest BCUT2D eigenvalue weighted by Gasteiger charge is -2.41. The van der Waals surface area contributed by atoms with Crippen molar-refractivity contribution in [2.45, 2.75) is 44.6 Å². The van der Waals surface area contributed by atoms with Crippen LogP contribution in [0.5, 0.6) is 0 Å². The van der Waals surface area contributed by atoms with E-state index in [0.717, 1.165) is 29.2 Å². The fraction of sp³-hybridized carbons (Fsp3) is 0.522. The predicted octanol–water partition coefficient (Wildman–Crippen LogP) is 3.24. The van der Waals surface area contributed by atoms with Crippen LogP contribution in [-0.4, -0.2) is 47.3 Å². The standard InChI is InChI=1S/C23H27N3O4/c1-23(19-12-16-7-4-5-9-18(16)30-19)21(28)26(22(29)24-23)14-20(27)25-11-10-15-6-2-3-8-17(15)13-25/h4-5,7,9,12,15,17H,2-3,6,8,10-11,13-14H2,1H3,(H,24,29)/t15-,17+,23+/m0/s1. The first-order chi connectivity index (χ1) is 14.5. The fourth-order valence-corrected chi connectivity index (χ4v) is 5.30. The van der Waals surface area contributed by atoms with Gasteiger partial charge in [0, 0.05) is 18.5 Å². The minimum atomic E-state index is -1.31. The number of carbonyl (C=O) groups excluding carboxylic acids is 3. The summed E-state index contributed by atoms with van der Waals surface area (Å²) in [6.45, 7) is 2.86. The summed E-state index contributed by atoms with van der Waals surface area (Å²) in [5.74, 6) is 1.04. The third-order valence-corrected chi connectivity index (χ3v) is 7.13. The summed E-state index contributed by atoms with van der Waals surface area (Å²) in [6.07, 6.45) is 5.97. The number of para-hydroxylation sites is 1. The van der Waals surface area contributed by atoms with Crippen LogP contribution in [0.3, 0.4) is 0 Å². The molecular weight excluding hydrogens is 382 g/mol. The topological polar surface area (TPSA) is 82.9 Å². The zero-order valence-corrected chi connectivity index (χ0v) is 17.2. The number of hydrogen-bond acceptors (Lipinski definition) is 4. The van der Waals surface area contributed by atoms with Crippen molar-refractivity contribution in [3.8, 4) is 0 Å². The summed E-state index contributed by atoms with van der Waals surface area (Å²) in [4.78, 5) is 41.6. The zero-order valence-electron chi connectivity index (χ0n) is 17.2. The average Bonchev–Trinajstić information content (AvgIpc) is 3.29. The van der Waals surface area contributed by atoms with Gasteiger partial charge in [0.05, 0.1) is 0 Å². The fourth-order valence-electron chi connectivity index (χ4n) is 5.30. The van der Waals surface area contributed by atoms with Crippen LogP contribution in [0.25, 0.3) is 11.0 Å². The number of imide groups is 1. The van der Waals surface area contributed by atoms with E-state index in [1.807, 2.05) is 29.2 Å². The van der Waals surface area contributed by atoms with Crippen molar-refractivity contribution in [2.75, 3.05) is 19.6 Å². The number of fused-ring (bicyclic) bond motifs is 2. The molecule has 4 amide bonds. The first kappa shape index (κ1) is 19.2. The lowest BCUT2D eigenvalue weighted by molar-refractivity contribution is -0.140. The highest BCUT2D eigenvalue weighted by Crippen LogP contribution is 2.36. The van der Waals surface area contributed by atoms with Crippen molar-refractivity contribution >= 4 is 28.8 Å². The van der Waals surface area contributed by atoms with Gasteiger partial charge in [0.1, 0.15) is 17.9 Å². The van der Waals surface area contributed by atoms with Crippen LogP contribution in [0, 0.1) is 11.8 Å². The molecule has 158 valence electrons. The maximum Gasteiger partial charge on any atom is 0.325 e. The van der Waals surface area contributed by atoms with Crippen molar-refractivity contribution in [1.29, 1.82) is 0 Å². The van der Waals surface area contributed by atoms with Crippen molar-refractivity contribution in [1.82, 2.24) is 15.1 Å². The van der Waals surface area contributed by atoms with Crippen LogP contribution < -0.4 is 5.32 Å². The molecular formula is C23H27N3O4. The van der Waals surface area contributed by atoms with Gasteiger partial charge in [0.15, 0.2) is 5.54 Å². The number of furan rings is 1. The average molecular weight is 409 g/mol. The molecule has 3 heterocycles. The summed E-state index contributed by atoms with van der Waals surface area (Å²) in [5, 5.41) is 3.60. The number of rotatable bonds is 3. The molecule has 1 saturated carbocycles. The van der Waals surface area contributed by atoms with E-state index in [1.54, 1.807) is 13.0 Å². The highest BCUT2D eigenvalue weighted by Gasteiger charge is 2.52. The number of amides is 4. The van der Waals surface area contributed by atoms with Crippen LogP contribution in [0.4, 0.5) is 4.79 Å². The number of hydrogen-bond donors (Lipinski definition) is 1. The van der Waals surface area contributed by atoms with Crippen molar-refractivity contribution in [3.05, 3.63) is 36.1 Å². The van der Waals surface area contributed by atoms with E-state index < -0.39 is 17.5 Å².